The van der Waals surface area contributed by atoms with Gasteiger partial charge in [-0.25, -0.2) is 4.98 Å². The molecular formula is C14H17BrN4O2S. The number of methoxy groups -OCH3 is 1. The van der Waals surface area contributed by atoms with Crippen molar-refractivity contribution < 1.29 is 9.47 Å². The Morgan fingerprint density at radius 3 is 2.91 bits per heavy atom. The highest BCUT2D eigenvalue weighted by Crippen LogP contribution is 2.33. The number of halogens is 1. The molecule has 0 fully saturated rings. The third-order valence-corrected chi connectivity index (χ3v) is 4.08. The maximum atomic E-state index is 5.65. The van der Waals surface area contributed by atoms with Crippen molar-refractivity contribution in [3.05, 3.63) is 27.5 Å². The summed E-state index contributed by atoms with van der Waals surface area (Å²) >= 11 is 4.90. The van der Waals surface area contributed by atoms with Crippen LogP contribution < -0.4 is 20.6 Å². The summed E-state index contributed by atoms with van der Waals surface area (Å²) in [4.78, 5) is 4.06. The van der Waals surface area contributed by atoms with Crippen molar-refractivity contribution in [2.24, 2.45) is 5.10 Å². The summed E-state index contributed by atoms with van der Waals surface area (Å²) in [5.41, 5.74) is 9.24. The van der Waals surface area contributed by atoms with Gasteiger partial charge in [0.25, 0.3) is 0 Å². The minimum Gasteiger partial charge on any atom is -0.493 e. The molecule has 2 aromatic rings. The lowest BCUT2D eigenvalue weighted by atomic mass is 10.2. The van der Waals surface area contributed by atoms with Crippen LogP contribution in [0.2, 0.25) is 0 Å². The second-order valence-electron chi connectivity index (χ2n) is 4.32. The maximum Gasteiger partial charge on any atom is 0.205 e. The van der Waals surface area contributed by atoms with Gasteiger partial charge in [-0.3, -0.25) is 5.43 Å². The first-order valence-electron chi connectivity index (χ1n) is 6.64. The topological polar surface area (TPSA) is 81.8 Å². The number of thiazole rings is 1. The van der Waals surface area contributed by atoms with Crippen molar-refractivity contribution in [2.75, 3.05) is 24.9 Å². The molecular weight excluding hydrogens is 368 g/mol. The van der Waals surface area contributed by atoms with E-state index in [2.05, 4.69) is 38.4 Å². The summed E-state index contributed by atoms with van der Waals surface area (Å²) in [5.74, 6) is 1.84. The van der Waals surface area contributed by atoms with E-state index in [0.29, 0.717) is 29.1 Å². The molecule has 0 saturated carbocycles. The number of nitrogens with one attached hydrogen (secondary N) is 1. The number of ether oxygens (including phenoxy) is 2. The van der Waals surface area contributed by atoms with Crippen LogP contribution >= 0.6 is 27.3 Å². The average Bonchev–Trinajstić information content (AvgIpc) is 2.92. The molecule has 3 N–H and O–H groups in total. The van der Waals surface area contributed by atoms with Crippen LogP contribution in [-0.4, -0.2) is 24.9 Å². The average molecular weight is 385 g/mol. The van der Waals surface area contributed by atoms with E-state index in [-0.39, 0.29) is 0 Å². The molecule has 2 rings (SSSR count). The first-order valence-corrected chi connectivity index (χ1v) is 8.31. The van der Waals surface area contributed by atoms with Crippen molar-refractivity contribution in [1.82, 2.24) is 4.98 Å². The Morgan fingerprint density at radius 1 is 1.45 bits per heavy atom. The van der Waals surface area contributed by atoms with E-state index in [0.717, 1.165) is 16.5 Å². The molecule has 0 amide bonds. The van der Waals surface area contributed by atoms with Crippen LogP contribution in [0.1, 0.15) is 18.9 Å². The first-order chi connectivity index (χ1) is 10.6. The fourth-order valence-corrected chi connectivity index (χ4v) is 2.60. The number of anilines is 2. The van der Waals surface area contributed by atoms with E-state index in [9.17, 15) is 0 Å². The molecule has 0 radical (unpaired) electrons. The summed E-state index contributed by atoms with van der Waals surface area (Å²) < 4.78 is 11.9. The molecule has 118 valence electrons. The van der Waals surface area contributed by atoms with Gasteiger partial charge in [-0.1, -0.05) is 6.92 Å². The van der Waals surface area contributed by atoms with Gasteiger partial charge < -0.3 is 15.2 Å². The SMILES string of the molecule is CCCOc1cc(Br)c(C=NNc2nc(N)cs2)cc1OC. The van der Waals surface area contributed by atoms with Gasteiger partial charge in [0.2, 0.25) is 5.13 Å². The van der Waals surface area contributed by atoms with Crippen LogP contribution in [-0.2, 0) is 0 Å². The fraction of sp³-hybridized carbons (Fsp3) is 0.286. The van der Waals surface area contributed by atoms with Gasteiger partial charge in [0.1, 0.15) is 5.82 Å². The second-order valence-corrected chi connectivity index (χ2v) is 6.03. The number of benzene rings is 1. The Bertz CT molecular complexity index is 660. The number of hydrazone groups is 1. The van der Waals surface area contributed by atoms with Crippen LogP contribution in [0.15, 0.2) is 27.1 Å². The number of rotatable bonds is 7. The summed E-state index contributed by atoms with van der Waals surface area (Å²) in [6, 6.07) is 3.73. The van der Waals surface area contributed by atoms with Crippen LogP contribution in [0.4, 0.5) is 10.9 Å². The lowest BCUT2D eigenvalue weighted by molar-refractivity contribution is 0.294. The summed E-state index contributed by atoms with van der Waals surface area (Å²) in [6.45, 7) is 2.70. The van der Waals surface area contributed by atoms with Crippen molar-refractivity contribution >= 4 is 44.4 Å². The predicted molar refractivity (Wildman–Crippen MR) is 94.2 cm³/mol. The molecule has 1 aromatic carbocycles. The molecule has 0 aliphatic rings. The van der Waals surface area contributed by atoms with Gasteiger partial charge >= 0.3 is 0 Å². The number of hydrogen-bond acceptors (Lipinski definition) is 7. The zero-order valence-electron chi connectivity index (χ0n) is 12.3. The molecule has 8 heteroatoms. The Kier molecular flexibility index (Phi) is 6.02. The zero-order chi connectivity index (χ0) is 15.9. The number of nitrogen functional groups attached to an aromatic ring is 1. The molecule has 6 nitrogen and oxygen atoms in total. The van der Waals surface area contributed by atoms with Crippen LogP contribution in [0, 0.1) is 0 Å². The standard InChI is InChI=1S/C14H17BrN4O2S/c1-3-4-21-12-6-10(15)9(5-11(12)20-2)7-17-19-14-18-13(16)8-22-14/h5-8H,3-4,16H2,1-2H3,(H,18,19). The minimum absolute atomic E-state index is 0.475. The van der Waals surface area contributed by atoms with Crippen molar-refractivity contribution in [2.45, 2.75) is 13.3 Å². The van der Waals surface area contributed by atoms with Gasteiger partial charge in [-0.2, -0.15) is 5.10 Å². The van der Waals surface area contributed by atoms with E-state index in [1.807, 2.05) is 12.1 Å². The van der Waals surface area contributed by atoms with Gasteiger partial charge in [-0.15, -0.1) is 11.3 Å². The maximum absolute atomic E-state index is 5.65. The molecule has 0 aliphatic heterocycles. The van der Waals surface area contributed by atoms with Crippen LogP contribution in [0.3, 0.4) is 0 Å². The largest absolute Gasteiger partial charge is 0.493 e. The highest BCUT2D eigenvalue weighted by atomic mass is 79.9. The van der Waals surface area contributed by atoms with Crippen LogP contribution in [0.5, 0.6) is 11.5 Å². The molecule has 0 unspecified atom stereocenters. The van der Waals surface area contributed by atoms with E-state index >= 15 is 0 Å². The summed E-state index contributed by atoms with van der Waals surface area (Å²) in [7, 11) is 1.61. The summed E-state index contributed by atoms with van der Waals surface area (Å²) in [6.07, 6.45) is 2.61. The Hall–Kier alpha value is -1.80. The minimum atomic E-state index is 0.475. The molecule has 0 atom stereocenters. The van der Waals surface area contributed by atoms with Gasteiger partial charge in [-0.05, 0) is 34.5 Å². The number of hydrogen-bond donors (Lipinski definition) is 2. The molecule has 0 aliphatic carbocycles. The predicted octanol–water partition coefficient (Wildman–Crippen LogP) is 3.73. The third kappa shape index (κ3) is 4.35. The van der Waals surface area contributed by atoms with E-state index in [1.54, 1.807) is 18.7 Å². The molecule has 0 bridgehead atoms. The Morgan fingerprint density at radius 2 is 2.27 bits per heavy atom. The third-order valence-electron chi connectivity index (χ3n) is 2.63. The Labute approximate surface area is 141 Å². The lowest BCUT2D eigenvalue weighted by Gasteiger charge is -2.11. The quantitative estimate of drug-likeness (QED) is 0.561. The molecule has 0 spiro atoms. The molecule has 22 heavy (non-hydrogen) atoms. The van der Waals surface area contributed by atoms with Crippen molar-refractivity contribution in [3.63, 3.8) is 0 Å². The highest BCUT2D eigenvalue weighted by molar-refractivity contribution is 9.10. The van der Waals surface area contributed by atoms with Crippen LogP contribution in [0.25, 0.3) is 0 Å². The van der Waals surface area contributed by atoms with E-state index < -0.39 is 0 Å². The molecule has 1 heterocycles. The normalized spacial score (nSPS) is 10.9. The Balaban J connectivity index is 2.13. The summed E-state index contributed by atoms with van der Waals surface area (Å²) in [5, 5.41) is 6.53. The van der Waals surface area contributed by atoms with Crippen molar-refractivity contribution in [1.29, 1.82) is 0 Å². The van der Waals surface area contributed by atoms with E-state index in [4.69, 9.17) is 15.2 Å². The highest BCUT2D eigenvalue weighted by Gasteiger charge is 2.09. The monoisotopic (exact) mass is 384 g/mol. The number of aromatic nitrogens is 1. The van der Waals surface area contributed by atoms with E-state index in [1.165, 1.54) is 11.3 Å². The second kappa shape index (κ2) is 8.00. The number of nitrogens with zero attached hydrogens (tertiary/aromatic N) is 2. The fourth-order valence-electron chi connectivity index (χ4n) is 1.63. The van der Waals surface area contributed by atoms with Gasteiger partial charge in [0.05, 0.1) is 19.9 Å². The lowest BCUT2D eigenvalue weighted by Crippen LogP contribution is -1.99. The zero-order valence-corrected chi connectivity index (χ0v) is 14.7. The molecule has 1 aromatic heterocycles. The molecule has 0 saturated heterocycles. The number of nitrogens with two attached hydrogens (primary N) is 1. The van der Waals surface area contributed by atoms with Crippen molar-refractivity contribution in [3.8, 4) is 11.5 Å². The van der Waals surface area contributed by atoms with Gasteiger partial charge in [0, 0.05) is 15.4 Å². The van der Waals surface area contributed by atoms with Gasteiger partial charge in [0.15, 0.2) is 11.5 Å². The first kappa shape index (κ1) is 16.6. The smallest absolute Gasteiger partial charge is 0.205 e.